The molecule has 0 unspecified atom stereocenters. The van der Waals surface area contributed by atoms with E-state index in [1.807, 2.05) is 0 Å². The largest absolute Gasteiger partial charge is 0.480 e. The van der Waals surface area contributed by atoms with Gasteiger partial charge < -0.3 is 47.4 Å². The minimum Gasteiger partial charge on any atom is -0.480 e. The number of hydrogen-bond acceptors (Lipinski definition) is 9. The van der Waals surface area contributed by atoms with E-state index in [2.05, 4.69) is 26.6 Å². The van der Waals surface area contributed by atoms with Crippen molar-refractivity contribution in [1.82, 2.24) is 31.5 Å². The van der Waals surface area contributed by atoms with Gasteiger partial charge in [0.05, 0.1) is 19.7 Å². The Labute approximate surface area is 232 Å². The first kappa shape index (κ1) is 34.2. The Hall–Kier alpha value is -3.79. The van der Waals surface area contributed by atoms with Gasteiger partial charge in [-0.3, -0.25) is 33.6 Å². The molecule has 1 saturated heterocycles. The summed E-state index contributed by atoms with van der Waals surface area (Å²) in [4.78, 5) is 87.0. The quantitative estimate of drug-likeness (QED) is 0.0946. The standard InChI is InChI=1S/C24H41N7O9/c1-12(2)19(23(39)27-10-18(35)36)30-21(37)14(11-32)28-17(34)9-26-22(38)15-6-5-7-31(15)24(40)20(13(3)4)29-16(33)8-25/h12-15,19-20,32H,5-11,25H2,1-4H3,(H,26,38)(H,27,39)(H,28,34)(H,29,33)(H,30,37)(H,35,36)/t14-,15-,19-,20-/m0/s1. The van der Waals surface area contributed by atoms with Gasteiger partial charge in [0.1, 0.15) is 30.7 Å². The molecule has 0 aliphatic carbocycles. The molecule has 40 heavy (non-hydrogen) atoms. The van der Waals surface area contributed by atoms with Crippen LogP contribution in [0.15, 0.2) is 0 Å². The summed E-state index contributed by atoms with van der Waals surface area (Å²) in [6.07, 6.45) is 0.881. The number of carbonyl (C=O) groups excluding carboxylic acids is 6. The summed E-state index contributed by atoms with van der Waals surface area (Å²) >= 11 is 0. The lowest BCUT2D eigenvalue weighted by Gasteiger charge is -2.30. The zero-order valence-corrected chi connectivity index (χ0v) is 23.2. The third kappa shape index (κ3) is 10.4. The Kier molecular flexibility index (Phi) is 14.0. The third-order valence-electron chi connectivity index (χ3n) is 6.19. The van der Waals surface area contributed by atoms with E-state index in [4.69, 9.17) is 10.8 Å². The van der Waals surface area contributed by atoms with Crippen molar-refractivity contribution in [3.63, 3.8) is 0 Å². The summed E-state index contributed by atoms with van der Waals surface area (Å²) in [5, 5.41) is 30.1. The summed E-state index contributed by atoms with van der Waals surface area (Å²) in [5.41, 5.74) is 5.34. The summed E-state index contributed by atoms with van der Waals surface area (Å²) < 4.78 is 0. The van der Waals surface area contributed by atoms with Crippen molar-refractivity contribution in [2.75, 3.05) is 32.8 Å². The average molecular weight is 572 g/mol. The van der Waals surface area contributed by atoms with Gasteiger partial charge in [0.2, 0.25) is 35.4 Å². The molecular weight excluding hydrogens is 530 g/mol. The molecule has 1 rings (SSSR count). The van der Waals surface area contributed by atoms with Crippen LogP contribution in [-0.4, -0.2) is 113 Å². The van der Waals surface area contributed by atoms with Gasteiger partial charge in [-0.1, -0.05) is 27.7 Å². The molecule has 0 spiro atoms. The van der Waals surface area contributed by atoms with Crippen LogP contribution in [0.1, 0.15) is 40.5 Å². The Morgan fingerprint density at radius 3 is 2.00 bits per heavy atom. The summed E-state index contributed by atoms with van der Waals surface area (Å²) in [5.74, 6) is -5.99. The average Bonchev–Trinajstić information content (AvgIpc) is 3.39. The van der Waals surface area contributed by atoms with Crippen LogP contribution < -0.4 is 32.3 Å². The number of aliphatic hydroxyl groups is 1. The highest BCUT2D eigenvalue weighted by Gasteiger charge is 2.38. The number of aliphatic hydroxyl groups excluding tert-OH is 1. The SMILES string of the molecule is CC(C)[C@H](NC(=O)[C@H](CO)NC(=O)CNC(=O)[C@@H]1CCCN1C(=O)[C@@H](NC(=O)CN)C(C)C)C(=O)NCC(=O)O. The predicted octanol–water partition coefficient (Wildman–Crippen LogP) is -3.99. The van der Waals surface area contributed by atoms with Crippen molar-refractivity contribution >= 4 is 41.4 Å². The van der Waals surface area contributed by atoms with E-state index >= 15 is 0 Å². The van der Waals surface area contributed by atoms with E-state index in [0.29, 0.717) is 12.8 Å². The first-order chi connectivity index (χ1) is 18.7. The topological polar surface area (TPSA) is 249 Å². The number of rotatable bonds is 15. The number of nitrogens with one attached hydrogen (secondary N) is 5. The molecule has 0 radical (unpaired) electrons. The monoisotopic (exact) mass is 571 g/mol. The van der Waals surface area contributed by atoms with Gasteiger partial charge >= 0.3 is 5.97 Å². The van der Waals surface area contributed by atoms with Crippen LogP contribution >= 0.6 is 0 Å². The molecule has 1 aliphatic heterocycles. The summed E-state index contributed by atoms with van der Waals surface area (Å²) in [6, 6.07) is -4.34. The Morgan fingerprint density at radius 2 is 1.48 bits per heavy atom. The molecule has 16 heteroatoms. The van der Waals surface area contributed by atoms with Crippen molar-refractivity contribution in [2.45, 2.75) is 64.7 Å². The van der Waals surface area contributed by atoms with Crippen LogP contribution in [0.4, 0.5) is 0 Å². The van der Waals surface area contributed by atoms with Crippen molar-refractivity contribution in [3.05, 3.63) is 0 Å². The fourth-order valence-corrected chi connectivity index (χ4v) is 4.01. The molecule has 16 nitrogen and oxygen atoms in total. The smallest absolute Gasteiger partial charge is 0.322 e. The zero-order valence-electron chi connectivity index (χ0n) is 23.2. The highest BCUT2D eigenvalue weighted by Crippen LogP contribution is 2.20. The van der Waals surface area contributed by atoms with Gasteiger partial charge in [0.25, 0.3) is 0 Å². The summed E-state index contributed by atoms with van der Waals surface area (Å²) in [7, 11) is 0. The number of likely N-dealkylation sites (tertiary alicyclic amines) is 1. The van der Waals surface area contributed by atoms with Crippen molar-refractivity contribution in [1.29, 1.82) is 0 Å². The molecule has 0 bridgehead atoms. The molecular formula is C24H41N7O9. The second-order valence-corrected chi connectivity index (χ2v) is 10.0. The number of amides is 6. The molecule has 0 saturated carbocycles. The van der Waals surface area contributed by atoms with E-state index in [1.165, 1.54) is 4.90 Å². The fourth-order valence-electron chi connectivity index (χ4n) is 4.01. The van der Waals surface area contributed by atoms with Crippen LogP contribution in [0.3, 0.4) is 0 Å². The maximum atomic E-state index is 13.1. The highest BCUT2D eigenvalue weighted by molar-refractivity contribution is 5.96. The van der Waals surface area contributed by atoms with E-state index in [0.717, 1.165) is 0 Å². The number of carbonyl (C=O) groups is 7. The van der Waals surface area contributed by atoms with Crippen LogP contribution in [-0.2, 0) is 33.6 Å². The van der Waals surface area contributed by atoms with Gasteiger partial charge in [-0.2, -0.15) is 0 Å². The minimum atomic E-state index is -1.46. The molecule has 1 fully saturated rings. The van der Waals surface area contributed by atoms with Crippen LogP contribution in [0.5, 0.6) is 0 Å². The molecule has 4 atom stereocenters. The Balaban J connectivity index is 2.74. The van der Waals surface area contributed by atoms with Crippen LogP contribution in [0.2, 0.25) is 0 Å². The van der Waals surface area contributed by atoms with Gasteiger partial charge in [0.15, 0.2) is 0 Å². The first-order valence-corrected chi connectivity index (χ1v) is 13.0. The highest BCUT2D eigenvalue weighted by atomic mass is 16.4. The van der Waals surface area contributed by atoms with E-state index in [-0.39, 0.29) is 19.0 Å². The Bertz CT molecular complexity index is 957. The molecule has 6 amide bonds. The molecule has 0 aromatic rings. The van der Waals surface area contributed by atoms with Crippen molar-refractivity contribution < 1.29 is 43.8 Å². The maximum Gasteiger partial charge on any atom is 0.322 e. The number of carboxylic acid groups (broad SMARTS) is 1. The lowest BCUT2D eigenvalue weighted by atomic mass is 10.0. The Morgan fingerprint density at radius 1 is 0.850 bits per heavy atom. The lowest BCUT2D eigenvalue weighted by molar-refractivity contribution is -0.142. The second kappa shape index (κ2) is 16.3. The number of hydrogen-bond donors (Lipinski definition) is 8. The van der Waals surface area contributed by atoms with E-state index < -0.39 is 91.2 Å². The van der Waals surface area contributed by atoms with Crippen LogP contribution in [0.25, 0.3) is 0 Å². The molecule has 226 valence electrons. The fraction of sp³-hybridized carbons (Fsp3) is 0.708. The van der Waals surface area contributed by atoms with Gasteiger partial charge in [-0.25, -0.2) is 0 Å². The molecule has 1 aliphatic rings. The second-order valence-electron chi connectivity index (χ2n) is 10.0. The van der Waals surface area contributed by atoms with E-state index in [1.54, 1.807) is 27.7 Å². The number of carboxylic acids is 1. The minimum absolute atomic E-state index is 0.266. The van der Waals surface area contributed by atoms with Gasteiger partial charge in [-0.05, 0) is 24.7 Å². The predicted molar refractivity (Wildman–Crippen MR) is 140 cm³/mol. The van der Waals surface area contributed by atoms with Gasteiger partial charge in [0, 0.05) is 6.54 Å². The molecule has 1 heterocycles. The van der Waals surface area contributed by atoms with Gasteiger partial charge in [-0.15, -0.1) is 0 Å². The molecule has 0 aromatic heterocycles. The molecule has 9 N–H and O–H groups in total. The van der Waals surface area contributed by atoms with Crippen molar-refractivity contribution in [2.24, 2.45) is 17.6 Å². The molecule has 0 aromatic carbocycles. The summed E-state index contributed by atoms with van der Waals surface area (Å²) in [6.45, 7) is 4.67. The van der Waals surface area contributed by atoms with Crippen LogP contribution in [0, 0.1) is 11.8 Å². The van der Waals surface area contributed by atoms with Crippen molar-refractivity contribution in [3.8, 4) is 0 Å². The number of nitrogens with zero attached hydrogens (tertiary/aromatic N) is 1. The normalized spacial score (nSPS) is 17.0. The first-order valence-electron chi connectivity index (χ1n) is 13.0. The number of aliphatic carboxylic acids is 1. The third-order valence-corrected chi connectivity index (χ3v) is 6.19. The lowest BCUT2D eigenvalue weighted by Crippen LogP contribution is -2.58. The maximum absolute atomic E-state index is 13.1. The zero-order chi connectivity index (χ0) is 30.6. The van der Waals surface area contributed by atoms with E-state index in [9.17, 15) is 38.7 Å². The number of nitrogens with two attached hydrogens (primary N) is 1.